The number of rotatable bonds is 3. The summed E-state index contributed by atoms with van der Waals surface area (Å²) in [5.74, 6) is 0. The van der Waals surface area contributed by atoms with Gasteiger partial charge < -0.3 is 0 Å². The Hall–Kier alpha value is 0.800. The van der Waals surface area contributed by atoms with E-state index in [-0.39, 0.29) is 0 Å². The van der Waals surface area contributed by atoms with E-state index < -0.39 is 10.2 Å². The average Bonchev–Trinajstić information content (AvgIpc) is 1.86. The van der Waals surface area contributed by atoms with E-state index in [2.05, 4.69) is 0 Å². The van der Waals surface area contributed by atoms with Crippen LogP contribution < -0.4 is 4.24 Å². The second-order valence-electron chi connectivity index (χ2n) is 0.947. The highest BCUT2D eigenvalue weighted by Crippen LogP contribution is 2.13. The van der Waals surface area contributed by atoms with Gasteiger partial charge in [-0.05, 0) is 33.2 Å². The van der Waals surface area contributed by atoms with Crippen molar-refractivity contribution < 1.29 is 8.42 Å². The Kier molecular flexibility index (Phi) is 4.19. The van der Waals surface area contributed by atoms with Gasteiger partial charge in [-0.2, -0.15) is 8.42 Å². The molecule has 0 spiro atoms. The van der Waals surface area contributed by atoms with Gasteiger partial charge in [-0.1, -0.05) is 0 Å². The van der Waals surface area contributed by atoms with Crippen molar-refractivity contribution in [1.82, 2.24) is 7.47 Å². The van der Waals surface area contributed by atoms with Gasteiger partial charge >= 0.3 is 10.2 Å². The molecule has 4 nitrogen and oxygen atoms in total. The standard InChI is InChI=1S/CH4Cl2N2O2S2/c1-8-5(3)9(6,7)4-2/h4H,1H3. The Labute approximate surface area is 68.0 Å². The Bertz CT molecular complexity index is 167. The number of nitrogens with zero attached hydrogens (tertiary/aromatic N) is 1. The third-order valence-electron chi connectivity index (χ3n) is 0.430. The summed E-state index contributed by atoms with van der Waals surface area (Å²) in [7, 11) is -3.67. The first-order valence-corrected chi connectivity index (χ1v) is 5.01. The predicted molar refractivity (Wildman–Crippen MR) is 39.1 cm³/mol. The van der Waals surface area contributed by atoms with Gasteiger partial charge in [0.2, 0.25) is 0 Å². The van der Waals surface area contributed by atoms with Crippen molar-refractivity contribution in [1.29, 1.82) is 0 Å². The summed E-state index contributed by atoms with van der Waals surface area (Å²) in [6.07, 6.45) is 1.50. The van der Waals surface area contributed by atoms with E-state index in [0.717, 1.165) is 11.9 Å². The predicted octanol–water partition coefficient (Wildman–Crippen LogP) is 0.708. The highest BCUT2D eigenvalue weighted by molar-refractivity contribution is 8.09. The Balaban J connectivity index is 4.17. The molecule has 0 amide bonds. The van der Waals surface area contributed by atoms with Crippen molar-refractivity contribution in [2.24, 2.45) is 0 Å². The van der Waals surface area contributed by atoms with Gasteiger partial charge in [0.1, 0.15) is 0 Å². The summed E-state index contributed by atoms with van der Waals surface area (Å²) in [5, 5.41) is 0. The molecule has 0 fully saturated rings. The van der Waals surface area contributed by atoms with Gasteiger partial charge in [0, 0.05) is 11.8 Å². The van der Waals surface area contributed by atoms with Gasteiger partial charge in [-0.25, -0.2) is 0 Å². The van der Waals surface area contributed by atoms with Crippen molar-refractivity contribution in [3.63, 3.8) is 0 Å². The molecular formula is CH4Cl2N2O2S2. The number of hydrogen-bond donors (Lipinski definition) is 1. The van der Waals surface area contributed by atoms with Crippen LogP contribution in [0.2, 0.25) is 0 Å². The van der Waals surface area contributed by atoms with Crippen LogP contribution in [0.25, 0.3) is 0 Å². The SMILES string of the molecule is CSN(Cl)S(=O)(=O)NCl. The molecule has 0 unspecified atom stereocenters. The van der Waals surface area contributed by atoms with Crippen LogP contribution in [0.5, 0.6) is 0 Å². The minimum atomic E-state index is -3.67. The monoisotopic (exact) mass is 210 g/mol. The summed E-state index contributed by atoms with van der Waals surface area (Å²) in [4.78, 5) is 0. The number of hydrogen-bond acceptors (Lipinski definition) is 3. The van der Waals surface area contributed by atoms with Gasteiger partial charge in [0.05, 0.1) is 0 Å². The molecule has 0 aliphatic carbocycles. The van der Waals surface area contributed by atoms with E-state index in [0.29, 0.717) is 3.23 Å². The molecule has 1 N–H and O–H groups in total. The van der Waals surface area contributed by atoms with Gasteiger partial charge in [0.15, 0.2) is 0 Å². The molecule has 0 saturated carbocycles. The van der Waals surface area contributed by atoms with Gasteiger partial charge in [0.25, 0.3) is 0 Å². The van der Waals surface area contributed by atoms with E-state index in [1.807, 2.05) is 0 Å². The minimum Gasteiger partial charge on any atom is -0.192 e. The Morgan fingerprint density at radius 3 is 2.22 bits per heavy atom. The van der Waals surface area contributed by atoms with Crippen molar-refractivity contribution in [2.45, 2.75) is 0 Å². The summed E-state index contributed by atoms with van der Waals surface area (Å²) in [5.41, 5.74) is 0. The fraction of sp³-hybridized carbons (Fsp3) is 1.00. The Morgan fingerprint density at radius 2 is 2.11 bits per heavy atom. The lowest BCUT2D eigenvalue weighted by Crippen LogP contribution is -2.23. The topological polar surface area (TPSA) is 49.4 Å². The van der Waals surface area contributed by atoms with Gasteiger partial charge in [-0.15, -0.1) is 4.24 Å². The van der Waals surface area contributed by atoms with E-state index in [4.69, 9.17) is 23.6 Å². The van der Waals surface area contributed by atoms with Crippen LogP contribution in [-0.4, -0.2) is 17.9 Å². The summed E-state index contributed by atoms with van der Waals surface area (Å²) in [6, 6.07) is 0. The lowest BCUT2D eigenvalue weighted by Gasteiger charge is -2.05. The lowest BCUT2D eigenvalue weighted by molar-refractivity contribution is 0.579. The molecule has 56 valence electrons. The lowest BCUT2D eigenvalue weighted by atomic mass is 12.0. The number of halogens is 2. The van der Waals surface area contributed by atoms with E-state index in [1.54, 1.807) is 0 Å². The zero-order valence-corrected chi connectivity index (χ0v) is 7.48. The molecular weight excluding hydrogens is 207 g/mol. The first-order chi connectivity index (χ1) is 4.04. The first-order valence-electron chi connectivity index (χ1n) is 1.67. The van der Waals surface area contributed by atoms with Crippen molar-refractivity contribution in [3.05, 3.63) is 0 Å². The molecule has 0 aromatic rings. The third kappa shape index (κ3) is 2.92. The third-order valence-corrected chi connectivity index (χ3v) is 3.87. The fourth-order valence-corrected chi connectivity index (χ4v) is 1.62. The highest BCUT2D eigenvalue weighted by atomic mass is 35.5. The second kappa shape index (κ2) is 3.85. The van der Waals surface area contributed by atoms with E-state index in [9.17, 15) is 8.42 Å². The Morgan fingerprint density at radius 1 is 1.67 bits per heavy atom. The molecule has 0 heterocycles. The molecule has 0 aromatic carbocycles. The highest BCUT2D eigenvalue weighted by Gasteiger charge is 2.16. The first kappa shape index (κ1) is 9.80. The van der Waals surface area contributed by atoms with Gasteiger partial charge in [-0.3, -0.25) is 0 Å². The molecule has 0 saturated heterocycles. The molecule has 0 aromatic heterocycles. The number of nitrogens with one attached hydrogen (secondary N) is 1. The molecule has 0 aliphatic rings. The molecule has 0 radical (unpaired) electrons. The maximum absolute atomic E-state index is 10.5. The van der Waals surface area contributed by atoms with Crippen LogP contribution >= 0.6 is 35.5 Å². The molecule has 0 rings (SSSR count). The largest absolute Gasteiger partial charge is 0.316 e. The quantitative estimate of drug-likeness (QED) is 0.552. The van der Waals surface area contributed by atoms with Crippen LogP contribution in [0.3, 0.4) is 0 Å². The molecule has 0 bridgehead atoms. The molecule has 9 heavy (non-hydrogen) atoms. The van der Waals surface area contributed by atoms with Crippen LogP contribution in [0.4, 0.5) is 0 Å². The zero-order valence-electron chi connectivity index (χ0n) is 4.34. The van der Waals surface area contributed by atoms with E-state index in [1.165, 1.54) is 10.5 Å². The smallest absolute Gasteiger partial charge is 0.192 e. The van der Waals surface area contributed by atoms with Crippen LogP contribution in [-0.2, 0) is 10.2 Å². The normalized spacial score (nSPS) is 12.4. The molecule has 0 atom stereocenters. The molecule has 0 aliphatic heterocycles. The van der Waals surface area contributed by atoms with Crippen molar-refractivity contribution in [3.8, 4) is 0 Å². The van der Waals surface area contributed by atoms with Crippen LogP contribution in [0.1, 0.15) is 0 Å². The summed E-state index contributed by atoms with van der Waals surface area (Å²) in [6.45, 7) is 0. The average molecular weight is 211 g/mol. The fourth-order valence-electron chi connectivity index (χ4n) is 0.125. The van der Waals surface area contributed by atoms with Crippen LogP contribution in [0, 0.1) is 0 Å². The minimum absolute atomic E-state index is 0.486. The molecule has 8 heteroatoms. The van der Waals surface area contributed by atoms with Crippen LogP contribution in [0.15, 0.2) is 0 Å². The summed E-state index contributed by atoms with van der Waals surface area (Å²) < 4.78 is 22.9. The van der Waals surface area contributed by atoms with E-state index >= 15 is 0 Å². The summed E-state index contributed by atoms with van der Waals surface area (Å²) >= 11 is 10.7. The van der Waals surface area contributed by atoms with Crippen molar-refractivity contribution >= 4 is 45.7 Å². The van der Waals surface area contributed by atoms with Crippen molar-refractivity contribution in [2.75, 3.05) is 6.26 Å². The maximum atomic E-state index is 10.5. The zero-order chi connectivity index (χ0) is 7.49. The maximum Gasteiger partial charge on any atom is 0.316 e. The second-order valence-corrected chi connectivity index (χ2v) is 4.58.